The minimum absolute atomic E-state index is 0.0402. The van der Waals surface area contributed by atoms with Gasteiger partial charge in [-0.1, -0.05) is 72.8 Å². The molecular weight excluding hydrogens is 517 g/mol. The lowest BCUT2D eigenvalue weighted by molar-refractivity contribution is 0.0498. The van der Waals surface area contributed by atoms with Gasteiger partial charge in [0.05, 0.1) is 42.4 Å². The summed E-state index contributed by atoms with van der Waals surface area (Å²) in [7, 11) is -3.82. The van der Waals surface area contributed by atoms with E-state index in [0.29, 0.717) is 17.9 Å². The van der Waals surface area contributed by atoms with Crippen LogP contribution in [0.3, 0.4) is 0 Å². The quantitative estimate of drug-likeness (QED) is 0.283. The Morgan fingerprint density at radius 1 is 0.974 bits per heavy atom. The van der Waals surface area contributed by atoms with Crippen LogP contribution in [0.25, 0.3) is 0 Å². The van der Waals surface area contributed by atoms with Crippen LogP contribution in [0, 0.1) is 5.82 Å². The summed E-state index contributed by atoms with van der Waals surface area (Å²) in [6.07, 6.45) is 3.01. The number of benzene rings is 3. The maximum absolute atomic E-state index is 14.6. The van der Waals surface area contributed by atoms with Crippen LogP contribution in [0.5, 0.6) is 0 Å². The molecular formula is C30H30FN3O4S. The van der Waals surface area contributed by atoms with Crippen LogP contribution in [-0.2, 0) is 33.4 Å². The lowest BCUT2D eigenvalue weighted by atomic mass is 10.1. The molecule has 5 rings (SSSR count). The lowest BCUT2D eigenvalue weighted by Gasteiger charge is -2.26. The topological polar surface area (TPSA) is 81.5 Å². The van der Waals surface area contributed by atoms with E-state index in [1.807, 2.05) is 36.4 Å². The third-order valence-corrected chi connectivity index (χ3v) is 8.35. The minimum Gasteiger partial charge on any atom is -0.376 e. The molecule has 1 amide bonds. The Hall–Kier alpha value is -3.82. The van der Waals surface area contributed by atoms with Crippen LogP contribution in [-0.4, -0.2) is 48.0 Å². The fourth-order valence-electron chi connectivity index (χ4n) is 4.81. The Balaban J connectivity index is 1.52. The van der Waals surface area contributed by atoms with Crippen LogP contribution in [0.15, 0.2) is 96.3 Å². The monoisotopic (exact) mass is 547 g/mol. The zero-order chi connectivity index (χ0) is 27.2. The van der Waals surface area contributed by atoms with Crippen LogP contribution >= 0.6 is 0 Å². The number of amides is 1. The van der Waals surface area contributed by atoms with Crippen molar-refractivity contribution in [2.24, 2.45) is 0 Å². The lowest BCUT2D eigenvalue weighted by Crippen LogP contribution is -2.38. The number of sulfone groups is 1. The van der Waals surface area contributed by atoms with Crippen LogP contribution in [0.4, 0.5) is 4.39 Å². The van der Waals surface area contributed by atoms with E-state index < -0.39 is 21.6 Å². The van der Waals surface area contributed by atoms with E-state index >= 15 is 0 Å². The molecule has 1 fully saturated rings. The number of hydrogen-bond acceptors (Lipinski definition) is 5. The van der Waals surface area contributed by atoms with Crippen molar-refractivity contribution in [3.05, 3.63) is 119 Å². The first-order valence-electron chi connectivity index (χ1n) is 12.9. The standard InChI is InChI=1S/C30H30FN3O4S/c31-28-16-8-7-15-27(28)29(35)33(21-26-14-9-17-38-26)20-25-18-32-30(34(25)19-23-10-3-1-4-11-23)39(36,37)22-24-12-5-2-6-13-24/h1-8,10-13,15-16,18,26H,9,14,17,19-22H2/t26-/m0/s1. The summed E-state index contributed by atoms with van der Waals surface area (Å²) in [6.45, 7) is 1.17. The summed E-state index contributed by atoms with van der Waals surface area (Å²) in [6, 6.07) is 24.3. The summed E-state index contributed by atoms with van der Waals surface area (Å²) >= 11 is 0. The van der Waals surface area contributed by atoms with Crippen molar-refractivity contribution in [3.8, 4) is 0 Å². The van der Waals surface area contributed by atoms with Crippen LogP contribution in [0.1, 0.15) is 40.0 Å². The van der Waals surface area contributed by atoms with Crippen molar-refractivity contribution in [2.45, 2.75) is 42.9 Å². The van der Waals surface area contributed by atoms with E-state index in [-0.39, 0.29) is 42.2 Å². The number of halogens is 1. The van der Waals surface area contributed by atoms with Crippen molar-refractivity contribution in [1.82, 2.24) is 14.5 Å². The number of rotatable bonds is 10. The van der Waals surface area contributed by atoms with Gasteiger partial charge >= 0.3 is 0 Å². The highest BCUT2D eigenvalue weighted by Crippen LogP contribution is 2.23. The first-order chi connectivity index (χ1) is 18.9. The minimum atomic E-state index is -3.82. The molecule has 1 aliphatic heterocycles. The van der Waals surface area contributed by atoms with E-state index in [4.69, 9.17) is 4.74 Å². The number of carbonyl (C=O) groups excluding carboxylic acids is 1. The summed E-state index contributed by atoms with van der Waals surface area (Å²) in [5.74, 6) is -1.29. The van der Waals surface area contributed by atoms with Crippen molar-refractivity contribution in [1.29, 1.82) is 0 Å². The first kappa shape index (κ1) is 26.8. The number of imidazole rings is 1. The smallest absolute Gasteiger partial charge is 0.257 e. The second-order valence-corrected chi connectivity index (χ2v) is 11.5. The summed E-state index contributed by atoms with van der Waals surface area (Å²) in [5.41, 5.74) is 2.04. The van der Waals surface area contributed by atoms with Gasteiger partial charge in [-0.15, -0.1) is 0 Å². The molecule has 0 saturated carbocycles. The number of nitrogens with zero attached hydrogens (tertiary/aromatic N) is 3. The number of carbonyl (C=O) groups is 1. The van der Waals surface area contributed by atoms with Gasteiger partial charge in [-0.05, 0) is 36.1 Å². The van der Waals surface area contributed by atoms with Crippen molar-refractivity contribution in [3.63, 3.8) is 0 Å². The zero-order valence-corrected chi connectivity index (χ0v) is 22.3. The molecule has 0 bridgehead atoms. The summed E-state index contributed by atoms with van der Waals surface area (Å²) < 4.78 is 49.2. The molecule has 3 aromatic carbocycles. The molecule has 0 unspecified atom stereocenters. The van der Waals surface area contributed by atoms with Gasteiger partial charge in [-0.25, -0.2) is 17.8 Å². The van der Waals surface area contributed by atoms with Gasteiger partial charge in [0, 0.05) is 13.2 Å². The highest BCUT2D eigenvalue weighted by Gasteiger charge is 2.29. The van der Waals surface area contributed by atoms with E-state index in [9.17, 15) is 17.6 Å². The van der Waals surface area contributed by atoms with Gasteiger partial charge in [0.25, 0.3) is 5.91 Å². The molecule has 0 N–H and O–H groups in total. The largest absolute Gasteiger partial charge is 0.376 e. The van der Waals surface area contributed by atoms with Crippen LogP contribution in [0.2, 0.25) is 0 Å². The molecule has 7 nitrogen and oxygen atoms in total. The van der Waals surface area contributed by atoms with Gasteiger partial charge in [-0.3, -0.25) is 4.79 Å². The normalized spacial score (nSPS) is 15.4. The predicted molar refractivity (Wildman–Crippen MR) is 145 cm³/mol. The highest BCUT2D eigenvalue weighted by atomic mass is 32.2. The fraction of sp³-hybridized carbons (Fsp3) is 0.267. The van der Waals surface area contributed by atoms with E-state index in [2.05, 4.69) is 4.98 Å². The van der Waals surface area contributed by atoms with E-state index in [0.717, 1.165) is 18.4 Å². The molecule has 39 heavy (non-hydrogen) atoms. The molecule has 2 heterocycles. The van der Waals surface area contributed by atoms with Crippen molar-refractivity contribution >= 4 is 15.7 Å². The third-order valence-electron chi connectivity index (χ3n) is 6.76. The second-order valence-electron chi connectivity index (χ2n) is 9.65. The fourth-order valence-corrected chi connectivity index (χ4v) is 6.30. The maximum Gasteiger partial charge on any atom is 0.257 e. The third kappa shape index (κ3) is 6.43. The number of ether oxygens (including phenoxy) is 1. The molecule has 0 aliphatic carbocycles. The van der Waals surface area contributed by atoms with Gasteiger partial charge in [0.15, 0.2) is 0 Å². The Morgan fingerprint density at radius 2 is 1.64 bits per heavy atom. The van der Waals surface area contributed by atoms with Crippen LogP contribution < -0.4 is 0 Å². The van der Waals surface area contributed by atoms with Crippen molar-refractivity contribution < 1.29 is 22.3 Å². The van der Waals surface area contributed by atoms with Gasteiger partial charge < -0.3 is 14.2 Å². The molecule has 1 atom stereocenters. The summed E-state index contributed by atoms with van der Waals surface area (Å²) in [4.78, 5) is 19.4. The molecule has 1 aromatic heterocycles. The van der Waals surface area contributed by atoms with Gasteiger partial charge in [-0.2, -0.15) is 0 Å². The maximum atomic E-state index is 14.6. The molecule has 202 valence electrons. The zero-order valence-electron chi connectivity index (χ0n) is 21.4. The molecule has 1 aliphatic rings. The molecule has 0 radical (unpaired) electrons. The Morgan fingerprint density at radius 3 is 2.31 bits per heavy atom. The first-order valence-corrected chi connectivity index (χ1v) is 14.6. The Kier molecular flexibility index (Phi) is 8.18. The van der Waals surface area contributed by atoms with Crippen molar-refractivity contribution in [2.75, 3.05) is 13.2 Å². The predicted octanol–water partition coefficient (Wildman–Crippen LogP) is 4.87. The highest BCUT2D eigenvalue weighted by molar-refractivity contribution is 7.90. The summed E-state index contributed by atoms with van der Waals surface area (Å²) in [5, 5.41) is -0.0689. The van der Waals surface area contributed by atoms with E-state index in [1.54, 1.807) is 34.9 Å². The molecule has 0 spiro atoms. The van der Waals surface area contributed by atoms with Gasteiger partial charge in [0.2, 0.25) is 15.0 Å². The molecule has 4 aromatic rings. The Labute approximate surface area is 227 Å². The SMILES string of the molecule is O=C(c1ccccc1F)N(Cc1cnc(S(=O)(=O)Cc2ccccc2)n1Cc1ccccc1)C[C@@H]1CCCO1. The second kappa shape index (κ2) is 11.9. The average molecular weight is 548 g/mol. The molecule has 1 saturated heterocycles. The molecule has 9 heteroatoms. The Bertz CT molecular complexity index is 1520. The average Bonchev–Trinajstić information content (AvgIpc) is 3.60. The van der Waals surface area contributed by atoms with E-state index in [1.165, 1.54) is 29.3 Å². The number of hydrogen-bond donors (Lipinski definition) is 0. The number of aromatic nitrogens is 2. The van der Waals surface area contributed by atoms with Gasteiger partial charge in [0.1, 0.15) is 5.82 Å².